The molecule has 0 unspecified atom stereocenters. The summed E-state index contributed by atoms with van der Waals surface area (Å²) in [6.07, 6.45) is 0. The van der Waals surface area contributed by atoms with E-state index in [1.54, 1.807) is 37.3 Å². The summed E-state index contributed by atoms with van der Waals surface area (Å²) in [5.74, 6) is 5.91. The number of ether oxygens (including phenoxy) is 1. The highest BCUT2D eigenvalue weighted by atomic mass is 16.5. The zero-order chi connectivity index (χ0) is 16.0. The molecule has 114 valence electrons. The van der Waals surface area contributed by atoms with Crippen LogP contribution in [0.2, 0.25) is 0 Å². The Balaban J connectivity index is 3.05. The number of benzene rings is 1. The largest absolute Gasteiger partial charge is 0.495 e. The van der Waals surface area contributed by atoms with Crippen LogP contribution in [0.3, 0.4) is 0 Å². The zero-order valence-corrected chi connectivity index (χ0v) is 13.4. The third-order valence-corrected chi connectivity index (χ3v) is 2.81. The minimum Gasteiger partial charge on any atom is -0.495 e. The van der Waals surface area contributed by atoms with Gasteiger partial charge in [0.25, 0.3) is 5.91 Å². The summed E-state index contributed by atoms with van der Waals surface area (Å²) in [5, 5.41) is 8.80. The van der Waals surface area contributed by atoms with Crippen molar-refractivity contribution < 1.29 is 14.6 Å². The summed E-state index contributed by atoms with van der Waals surface area (Å²) >= 11 is 0. The van der Waals surface area contributed by atoms with E-state index in [-0.39, 0.29) is 17.9 Å². The summed E-state index contributed by atoms with van der Waals surface area (Å²) in [6.45, 7) is 6.69. The van der Waals surface area contributed by atoms with Gasteiger partial charge in [-0.2, -0.15) is 0 Å². The lowest BCUT2D eigenvalue weighted by Gasteiger charge is -2.26. The molecule has 4 nitrogen and oxygen atoms in total. The van der Waals surface area contributed by atoms with E-state index >= 15 is 0 Å². The second-order valence-electron chi connectivity index (χ2n) is 6.10. The molecule has 0 aromatic heterocycles. The van der Waals surface area contributed by atoms with E-state index < -0.39 is 0 Å². The first-order valence-corrected chi connectivity index (χ1v) is 6.81. The molecule has 21 heavy (non-hydrogen) atoms. The molecular weight excluding hydrogens is 266 g/mol. The maximum atomic E-state index is 12.4. The van der Waals surface area contributed by atoms with Crippen molar-refractivity contribution in [2.24, 2.45) is 5.41 Å². The van der Waals surface area contributed by atoms with Gasteiger partial charge >= 0.3 is 0 Å². The third kappa shape index (κ3) is 5.13. The molecule has 0 atom stereocenters. The Hall–Kier alpha value is -1.99. The molecule has 1 amide bonds. The van der Waals surface area contributed by atoms with Crippen LogP contribution in [-0.2, 0) is 0 Å². The zero-order valence-electron chi connectivity index (χ0n) is 13.4. The van der Waals surface area contributed by atoms with E-state index in [0.717, 1.165) is 0 Å². The molecule has 0 radical (unpaired) electrons. The van der Waals surface area contributed by atoms with Gasteiger partial charge in [-0.1, -0.05) is 32.6 Å². The third-order valence-electron chi connectivity index (χ3n) is 2.81. The van der Waals surface area contributed by atoms with Gasteiger partial charge in [-0.3, -0.25) is 4.79 Å². The molecule has 1 N–H and O–H groups in total. The molecule has 0 spiro atoms. The number of carbonyl (C=O) groups excluding carboxylic acids is 1. The summed E-state index contributed by atoms with van der Waals surface area (Å²) in [7, 11) is 3.34. The molecule has 0 aliphatic rings. The predicted molar refractivity (Wildman–Crippen MR) is 83.4 cm³/mol. The van der Waals surface area contributed by atoms with Crippen LogP contribution in [0.4, 0.5) is 0 Å². The average Bonchev–Trinajstić information content (AvgIpc) is 2.42. The van der Waals surface area contributed by atoms with Crippen molar-refractivity contribution in [2.45, 2.75) is 20.8 Å². The Morgan fingerprint density at radius 3 is 2.57 bits per heavy atom. The average molecular weight is 289 g/mol. The lowest BCUT2D eigenvalue weighted by Crippen LogP contribution is -2.34. The van der Waals surface area contributed by atoms with Crippen LogP contribution < -0.4 is 4.74 Å². The molecule has 0 saturated heterocycles. The molecule has 0 bridgehead atoms. The molecule has 0 fully saturated rings. The molecule has 0 aliphatic carbocycles. The SMILES string of the molecule is COc1ccc(C(=O)N(C)CC(C)(C)C)cc1C#CCO. The molecule has 4 heteroatoms. The highest BCUT2D eigenvalue weighted by molar-refractivity contribution is 5.94. The molecule has 0 aliphatic heterocycles. The summed E-state index contributed by atoms with van der Waals surface area (Å²) < 4.78 is 5.21. The minimum absolute atomic E-state index is 0.0381. The van der Waals surface area contributed by atoms with Crippen LogP contribution in [0.5, 0.6) is 5.75 Å². The van der Waals surface area contributed by atoms with Gasteiger partial charge in [0.05, 0.1) is 12.7 Å². The minimum atomic E-state index is -0.231. The topological polar surface area (TPSA) is 49.8 Å². The number of hydrogen-bond acceptors (Lipinski definition) is 3. The summed E-state index contributed by atoms with van der Waals surface area (Å²) in [5.41, 5.74) is 1.20. The first kappa shape index (κ1) is 17.1. The summed E-state index contributed by atoms with van der Waals surface area (Å²) in [4.78, 5) is 14.1. The molecule has 1 aromatic carbocycles. The number of aliphatic hydroxyl groups is 1. The molecule has 0 saturated carbocycles. The highest BCUT2D eigenvalue weighted by Gasteiger charge is 2.19. The molecular formula is C17H23NO3. The van der Waals surface area contributed by atoms with Crippen molar-refractivity contribution in [1.82, 2.24) is 4.90 Å². The van der Waals surface area contributed by atoms with Gasteiger partial charge in [-0.25, -0.2) is 0 Å². The van der Waals surface area contributed by atoms with Gasteiger partial charge in [-0.05, 0) is 23.6 Å². The highest BCUT2D eigenvalue weighted by Crippen LogP contribution is 2.21. The Morgan fingerprint density at radius 2 is 2.05 bits per heavy atom. The molecule has 1 aromatic rings. The van der Waals surface area contributed by atoms with E-state index in [2.05, 4.69) is 32.6 Å². The van der Waals surface area contributed by atoms with Gasteiger partial charge in [-0.15, -0.1) is 0 Å². The fraction of sp³-hybridized carbons (Fsp3) is 0.471. The maximum Gasteiger partial charge on any atom is 0.253 e. The van der Waals surface area contributed by atoms with Crippen molar-refractivity contribution in [3.8, 4) is 17.6 Å². The van der Waals surface area contributed by atoms with Crippen molar-refractivity contribution in [1.29, 1.82) is 0 Å². The number of aliphatic hydroxyl groups excluding tert-OH is 1. The van der Waals surface area contributed by atoms with E-state index in [1.165, 1.54) is 0 Å². The van der Waals surface area contributed by atoms with E-state index in [0.29, 0.717) is 23.4 Å². The maximum absolute atomic E-state index is 12.4. The number of hydrogen-bond donors (Lipinski definition) is 1. The lowest BCUT2D eigenvalue weighted by molar-refractivity contribution is 0.0745. The van der Waals surface area contributed by atoms with Crippen molar-refractivity contribution in [2.75, 3.05) is 27.3 Å². The van der Waals surface area contributed by atoms with E-state index in [1.807, 2.05) is 0 Å². The van der Waals surface area contributed by atoms with Gasteiger partial charge < -0.3 is 14.7 Å². The van der Waals surface area contributed by atoms with Crippen LogP contribution in [0.25, 0.3) is 0 Å². The number of nitrogens with zero attached hydrogens (tertiary/aromatic N) is 1. The quantitative estimate of drug-likeness (QED) is 0.868. The van der Waals surface area contributed by atoms with Crippen LogP contribution in [0.15, 0.2) is 18.2 Å². The van der Waals surface area contributed by atoms with Crippen LogP contribution >= 0.6 is 0 Å². The van der Waals surface area contributed by atoms with Crippen LogP contribution in [-0.4, -0.2) is 43.2 Å². The fourth-order valence-corrected chi connectivity index (χ4v) is 2.08. The van der Waals surface area contributed by atoms with E-state index in [9.17, 15) is 4.79 Å². The Bertz CT molecular complexity index is 562. The smallest absolute Gasteiger partial charge is 0.253 e. The number of methoxy groups -OCH3 is 1. The van der Waals surface area contributed by atoms with Crippen molar-refractivity contribution in [3.63, 3.8) is 0 Å². The van der Waals surface area contributed by atoms with E-state index in [4.69, 9.17) is 9.84 Å². The normalized spacial score (nSPS) is 10.6. The van der Waals surface area contributed by atoms with Gasteiger partial charge in [0.2, 0.25) is 0 Å². The number of carbonyl (C=O) groups is 1. The second-order valence-corrected chi connectivity index (χ2v) is 6.10. The van der Waals surface area contributed by atoms with Gasteiger partial charge in [0.1, 0.15) is 12.4 Å². The Morgan fingerprint density at radius 1 is 1.38 bits per heavy atom. The fourth-order valence-electron chi connectivity index (χ4n) is 2.08. The predicted octanol–water partition coefficient (Wildman–Crippen LogP) is 2.16. The molecule has 0 heterocycles. The Labute approximate surface area is 126 Å². The summed E-state index contributed by atoms with van der Waals surface area (Å²) in [6, 6.07) is 5.15. The standard InChI is InChI=1S/C17H23NO3/c1-17(2,3)12-18(4)16(20)14-8-9-15(21-5)13(11-14)7-6-10-19/h8-9,11,19H,10,12H2,1-5H3. The Kier molecular flexibility index (Phi) is 5.80. The van der Waals surface area contributed by atoms with Gasteiger partial charge in [0.15, 0.2) is 0 Å². The van der Waals surface area contributed by atoms with Crippen molar-refractivity contribution >= 4 is 5.91 Å². The number of rotatable bonds is 3. The number of amides is 1. The first-order chi connectivity index (χ1) is 9.78. The van der Waals surface area contributed by atoms with Crippen molar-refractivity contribution in [3.05, 3.63) is 29.3 Å². The lowest BCUT2D eigenvalue weighted by atomic mass is 9.96. The molecule has 1 rings (SSSR count). The van der Waals surface area contributed by atoms with Crippen LogP contribution in [0, 0.1) is 17.3 Å². The first-order valence-electron chi connectivity index (χ1n) is 6.81. The monoisotopic (exact) mass is 289 g/mol. The second kappa shape index (κ2) is 7.14. The van der Waals surface area contributed by atoms with Crippen LogP contribution in [0.1, 0.15) is 36.7 Å². The van der Waals surface area contributed by atoms with Gasteiger partial charge in [0, 0.05) is 19.2 Å².